The number of carbonyl (C=O) groups excluding carboxylic acids is 2. The zero-order valence-electron chi connectivity index (χ0n) is 28.7. The summed E-state index contributed by atoms with van der Waals surface area (Å²) in [6.45, 7) is 3.50. The number of ether oxygens (including phenoxy) is 2. The van der Waals surface area contributed by atoms with Crippen molar-refractivity contribution in [1.29, 1.82) is 0 Å². The molecule has 2 saturated heterocycles. The Morgan fingerprint density at radius 3 is 2.48 bits per heavy atom. The van der Waals surface area contributed by atoms with E-state index in [2.05, 4.69) is 33.4 Å². The number of fused-ring (bicyclic) bond motifs is 2. The van der Waals surface area contributed by atoms with Gasteiger partial charge in [0.2, 0.25) is 10.0 Å². The number of piperidine rings is 1. The van der Waals surface area contributed by atoms with Crippen molar-refractivity contribution in [2.24, 2.45) is 12.0 Å². The standard InChI is InChI=1S/C35H44ClN7O6S/c1-40-22-37-21-29(40)31(39-33(44)35(48-2)10-11-35)28-19-23-5-4-12-38-30(23)32(26-7-6-24(36)20-27(26)28)41-15-17-42(18-16-41)34(45)49-25-8-13-43(14-9-25)50(3,46)47/h5-7,19-22,25,31-32H,4,8-18H2,1-3H3,(H,39,44). The van der Waals surface area contributed by atoms with Crippen LogP contribution >= 0.6 is 11.6 Å². The van der Waals surface area contributed by atoms with Crippen molar-refractivity contribution in [3.63, 3.8) is 0 Å². The van der Waals surface area contributed by atoms with E-state index in [1.165, 1.54) is 10.6 Å². The fourth-order valence-electron chi connectivity index (χ4n) is 7.51. The molecule has 3 fully saturated rings. The number of piperazine rings is 1. The van der Waals surface area contributed by atoms with E-state index in [9.17, 15) is 18.0 Å². The molecule has 0 spiro atoms. The van der Waals surface area contributed by atoms with Crippen LogP contribution in [0.5, 0.6) is 0 Å². The van der Waals surface area contributed by atoms with E-state index < -0.39 is 21.7 Å². The highest BCUT2D eigenvalue weighted by Crippen LogP contribution is 2.45. The number of aliphatic imine (C=N–C) groups is 1. The van der Waals surface area contributed by atoms with Gasteiger partial charge in [-0.3, -0.25) is 14.7 Å². The number of halogens is 1. The second-order valence-corrected chi connectivity index (χ2v) is 16.2. The number of hydrogen-bond acceptors (Lipinski definition) is 9. The second-order valence-electron chi connectivity index (χ2n) is 13.8. The van der Waals surface area contributed by atoms with Crippen LogP contribution in [0.25, 0.3) is 5.57 Å². The molecular formula is C35H44ClN7O6S. The lowest BCUT2D eigenvalue weighted by Gasteiger charge is -2.40. The SMILES string of the molecule is COC1(C(=O)NC(C2=CC3=CCCN=C3C(N3CCN(C(=O)OC4CCN(S(C)(=O)=O)CC4)CC3)c3ccc(Cl)cc32)c2cncn2C)CC1. The summed E-state index contributed by atoms with van der Waals surface area (Å²) in [5.41, 5.74) is 4.77. The topological polar surface area (TPSA) is 139 Å². The number of amides is 2. The molecule has 3 aliphatic heterocycles. The first-order valence-corrected chi connectivity index (χ1v) is 19.4. The third-order valence-electron chi connectivity index (χ3n) is 10.6. The number of aromatic nitrogens is 2. The van der Waals surface area contributed by atoms with E-state index in [1.807, 2.05) is 23.7 Å². The highest BCUT2D eigenvalue weighted by molar-refractivity contribution is 7.88. The molecular weight excluding hydrogens is 682 g/mol. The van der Waals surface area contributed by atoms with Crippen LogP contribution in [0.1, 0.15) is 61.0 Å². The van der Waals surface area contributed by atoms with Crippen LogP contribution in [-0.2, 0) is 31.3 Å². The lowest BCUT2D eigenvalue weighted by Crippen LogP contribution is -2.52. The van der Waals surface area contributed by atoms with Gasteiger partial charge in [0.1, 0.15) is 11.7 Å². The van der Waals surface area contributed by atoms with Crippen molar-refractivity contribution in [2.45, 2.75) is 55.9 Å². The van der Waals surface area contributed by atoms with Gasteiger partial charge in [-0.15, -0.1) is 0 Å². The maximum absolute atomic E-state index is 13.7. The maximum Gasteiger partial charge on any atom is 0.410 e. The Bertz CT molecular complexity index is 1850. The maximum atomic E-state index is 13.7. The molecule has 7 rings (SSSR count). The Morgan fingerprint density at radius 2 is 1.84 bits per heavy atom. The fraction of sp³-hybridized carbons (Fsp3) is 0.543. The average molecular weight is 726 g/mol. The molecule has 1 aromatic heterocycles. The zero-order valence-corrected chi connectivity index (χ0v) is 30.3. The third kappa shape index (κ3) is 6.88. The number of dihydropyridines is 1. The minimum Gasteiger partial charge on any atom is -0.446 e. The van der Waals surface area contributed by atoms with Crippen LogP contribution in [0.3, 0.4) is 0 Å². The van der Waals surface area contributed by atoms with Crippen LogP contribution in [0.2, 0.25) is 5.02 Å². The molecule has 2 amide bonds. The molecule has 1 N–H and O–H groups in total. The fourth-order valence-corrected chi connectivity index (χ4v) is 8.56. The first kappa shape index (κ1) is 34.9. The number of imidazole rings is 1. The van der Waals surface area contributed by atoms with Gasteiger partial charge >= 0.3 is 6.09 Å². The van der Waals surface area contributed by atoms with Crippen molar-refractivity contribution < 1.29 is 27.5 Å². The van der Waals surface area contributed by atoms with E-state index in [0.717, 1.165) is 40.1 Å². The summed E-state index contributed by atoms with van der Waals surface area (Å²) < 4.78 is 38.6. The van der Waals surface area contributed by atoms with E-state index in [0.29, 0.717) is 76.5 Å². The van der Waals surface area contributed by atoms with Crippen molar-refractivity contribution in [3.05, 3.63) is 70.3 Å². The summed E-state index contributed by atoms with van der Waals surface area (Å²) in [5, 5.41) is 3.89. The summed E-state index contributed by atoms with van der Waals surface area (Å²) in [6, 6.07) is 5.17. The van der Waals surface area contributed by atoms with Gasteiger partial charge < -0.3 is 24.3 Å². The predicted octanol–water partition coefficient (Wildman–Crippen LogP) is 3.50. The second kappa shape index (κ2) is 13.9. The summed E-state index contributed by atoms with van der Waals surface area (Å²) in [7, 11) is 0.238. The van der Waals surface area contributed by atoms with Gasteiger partial charge in [-0.2, -0.15) is 0 Å². The van der Waals surface area contributed by atoms with Gasteiger partial charge in [-0.05, 0) is 72.6 Å². The van der Waals surface area contributed by atoms with Gasteiger partial charge in [0, 0.05) is 65.0 Å². The number of benzene rings is 1. The molecule has 2 unspecified atom stereocenters. The first-order valence-electron chi connectivity index (χ1n) is 17.2. The molecule has 2 aliphatic carbocycles. The van der Waals surface area contributed by atoms with Crippen molar-refractivity contribution >= 4 is 44.9 Å². The van der Waals surface area contributed by atoms with Crippen LogP contribution in [0.15, 0.2) is 53.4 Å². The van der Waals surface area contributed by atoms with Gasteiger partial charge in [0.15, 0.2) is 0 Å². The Hall–Kier alpha value is -3.56. The molecule has 15 heteroatoms. The van der Waals surface area contributed by atoms with Crippen LogP contribution in [0, 0.1) is 0 Å². The number of nitrogens with one attached hydrogen (secondary N) is 1. The van der Waals surface area contributed by atoms with Gasteiger partial charge in [-0.1, -0.05) is 23.7 Å². The largest absolute Gasteiger partial charge is 0.446 e. The molecule has 2 atom stereocenters. The van der Waals surface area contributed by atoms with Crippen LogP contribution < -0.4 is 5.32 Å². The minimum atomic E-state index is -3.26. The number of nitrogens with zero attached hydrogens (tertiary/aromatic N) is 6. The number of aryl methyl sites for hydroxylation is 1. The lowest BCUT2D eigenvalue weighted by molar-refractivity contribution is -0.134. The summed E-state index contributed by atoms with van der Waals surface area (Å²) in [5.74, 6) is -0.160. The highest BCUT2D eigenvalue weighted by atomic mass is 35.5. The van der Waals surface area contributed by atoms with Crippen molar-refractivity contribution in [2.75, 3.05) is 59.2 Å². The predicted molar refractivity (Wildman–Crippen MR) is 189 cm³/mol. The molecule has 13 nitrogen and oxygen atoms in total. The summed E-state index contributed by atoms with van der Waals surface area (Å²) in [6.07, 6.45) is 11.5. The number of methoxy groups -OCH3 is 1. The molecule has 0 radical (unpaired) electrons. The molecule has 1 aromatic carbocycles. The quantitative estimate of drug-likeness (QED) is 0.437. The smallest absolute Gasteiger partial charge is 0.410 e. The van der Waals surface area contributed by atoms with Crippen LogP contribution in [-0.4, -0.2) is 121 Å². The summed E-state index contributed by atoms with van der Waals surface area (Å²) in [4.78, 5) is 40.5. The van der Waals surface area contributed by atoms with Crippen molar-refractivity contribution in [3.8, 4) is 0 Å². The van der Waals surface area contributed by atoms with Gasteiger partial charge in [-0.25, -0.2) is 22.5 Å². The van der Waals surface area contributed by atoms with Crippen molar-refractivity contribution in [1.82, 2.24) is 29.0 Å². The number of carbonyl (C=O) groups is 2. The van der Waals surface area contributed by atoms with Gasteiger partial charge in [0.25, 0.3) is 5.91 Å². The van der Waals surface area contributed by atoms with E-state index in [1.54, 1.807) is 24.5 Å². The molecule has 4 heterocycles. The molecule has 2 aromatic rings. The molecule has 1 saturated carbocycles. The first-order chi connectivity index (χ1) is 24.0. The summed E-state index contributed by atoms with van der Waals surface area (Å²) >= 11 is 6.72. The molecule has 5 aliphatic rings. The minimum absolute atomic E-state index is 0.160. The molecule has 0 bridgehead atoms. The number of rotatable bonds is 8. The van der Waals surface area contributed by atoms with E-state index in [-0.39, 0.29) is 24.1 Å². The lowest BCUT2D eigenvalue weighted by atomic mass is 9.89. The van der Waals surface area contributed by atoms with E-state index >= 15 is 0 Å². The monoisotopic (exact) mass is 725 g/mol. The third-order valence-corrected chi connectivity index (χ3v) is 12.1. The molecule has 50 heavy (non-hydrogen) atoms. The number of allylic oxidation sites excluding steroid dienone is 1. The van der Waals surface area contributed by atoms with E-state index in [4.69, 9.17) is 26.1 Å². The zero-order chi connectivity index (χ0) is 35.2. The Kier molecular flexibility index (Phi) is 9.67. The average Bonchev–Trinajstić information content (AvgIpc) is 3.83. The number of hydrogen-bond donors (Lipinski definition) is 1. The van der Waals surface area contributed by atoms with Crippen LogP contribution in [0.4, 0.5) is 4.79 Å². The number of sulfonamides is 1. The van der Waals surface area contributed by atoms with Gasteiger partial charge in [0.05, 0.1) is 42.3 Å². The molecule has 268 valence electrons. The Morgan fingerprint density at radius 1 is 1.10 bits per heavy atom. The Balaban J connectivity index is 1.16. The normalized spacial score (nSPS) is 23.4. The Labute approximate surface area is 298 Å². The highest BCUT2D eigenvalue weighted by Gasteiger charge is 2.51.